The first kappa shape index (κ1) is 14.5. The molecule has 0 aromatic heterocycles. The molecule has 3 nitrogen and oxygen atoms in total. The standard InChI is InChI=1S/C12H15F3N2O/c1-7(16)3-4-17(2)12(18)11-9(14)5-8(13)6-10(11)15/h5-7H,3-4,16H2,1-2H3. The monoisotopic (exact) mass is 260 g/mol. The molecule has 1 amide bonds. The Morgan fingerprint density at radius 1 is 1.33 bits per heavy atom. The molecule has 100 valence electrons. The van der Waals surface area contributed by atoms with Crippen molar-refractivity contribution in [2.75, 3.05) is 13.6 Å². The Balaban J connectivity index is 2.90. The molecule has 0 radical (unpaired) electrons. The molecular weight excluding hydrogens is 245 g/mol. The first-order chi connectivity index (χ1) is 8.32. The maximum atomic E-state index is 13.4. The van der Waals surface area contributed by atoms with Gasteiger partial charge in [-0.2, -0.15) is 0 Å². The predicted molar refractivity (Wildman–Crippen MR) is 61.5 cm³/mol. The van der Waals surface area contributed by atoms with E-state index in [-0.39, 0.29) is 12.6 Å². The normalized spacial score (nSPS) is 12.3. The Morgan fingerprint density at radius 2 is 1.83 bits per heavy atom. The van der Waals surface area contributed by atoms with E-state index >= 15 is 0 Å². The van der Waals surface area contributed by atoms with Gasteiger partial charge < -0.3 is 10.6 Å². The number of carbonyl (C=O) groups excluding carboxylic acids is 1. The van der Waals surface area contributed by atoms with E-state index in [1.54, 1.807) is 6.92 Å². The van der Waals surface area contributed by atoms with Crippen molar-refractivity contribution in [1.82, 2.24) is 4.90 Å². The molecule has 0 spiro atoms. The van der Waals surface area contributed by atoms with Gasteiger partial charge in [0.2, 0.25) is 0 Å². The average molecular weight is 260 g/mol. The zero-order chi connectivity index (χ0) is 13.9. The van der Waals surface area contributed by atoms with E-state index < -0.39 is 28.9 Å². The largest absolute Gasteiger partial charge is 0.341 e. The summed E-state index contributed by atoms with van der Waals surface area (Å²) in [5, 5.41) is 0. The molecule has 18 heavy (non-hydrogen) atoms. The Morgan fingerprint density at radius 3 is 2.28 bits per heavy atom. The molecule has 1 rings (SSSR count). The summed E-state index contributed by atoms with van der Waals surface area (Å²) in [7, 11) is 1.41. The molecule has 1 aromatic rings. The molecular formula is C12H15F3N2O. The first-order valence-corrected chi connectivity index (χ1v) is 5.48. The second kappa shape index (κ2) is 5.86. The van der Waals surface area contributed by atoms with Crippen molar-refractivity contribution >= 4 is 5.91 Å². The van der Waals surface area contributed by atoms with Crippen LogP contribution in [0.1, 0.15) is 23.7 Å². The van der Waals surface area contributed by atoms with E-state index in [1.807, 2.05) is 0 Å². The van der Waals surface area contributed by atoms with Crippen molar-refractivity contribution in [3.05, 3.63) is 35.1 Å². The number of benzene rings is 1. The number of carbonyl (C=O) groups is 1. The van der Waals surface area contributed by atoms with Crippen LogP contribution in [0.2, 0.25) is 0 Å². The van der Waals surface area contributed by atoms with Crippen LogP contribution in [-0.4, -0.2) is 30.4 Å². The van der Waals surface area contributed by atoms with Crippen LogP contribution < -0.4 is 5.73 Å². The first-order valence-electron chi connectivity index (χ1n) is 5.48. The number of amides is 1. The molecule has 2 N–H and O–H groups in total. The van der Waals surface area contributed by atoms with Gasteiger partial charge >= 0.3 is 0 Å². The number of hydrogen-bond donors (Lipinski definition) is 1. The third kappa shape index (κ3) is 3.46. The lowest BCUT2D eigenvalue weighted by molar-refractivity contribution is 0.0782. The summed E-state index contributed by atoms with van der Waals surface area (Å²) in [5.74, 6) is -4.29. The predicted octanol–water partition coefficient (Wildman–Crippen LogP) is 1.91. The van der Waals surface area contributed by atoms with Gasteiger partial charge in [0.05, 0.1) is 0 Å². The average Bonchev–Trinajstić information content (AvgIpc) is 2.24. The molecule has 1 aromatic carbocycles. The molecule has 0 aliphatic heterocycles. The molecule has 0 aliphatic carbocycles. The summed E-state index contributed by atoms with van der Waals surface area (Å²) < 4.78 is 39.4. The molecule has 0 bridgehead atoms. The van der Waals surface area contributed by atoms with Gasteiger partial charge in [0, 0.05) is 31.8 Å². The highest BCUT2D eigenvalue weighted by Gasteiger charge is 2.22. The van der Waals surface area contributed by atoms with E-state index in [2.05, 4.69) is 0 Å². The lowest BCUT2D eigenvalue weighted by atomic mass is 10.1. The zero-order valence-electron chi connectivity index (χ0n) is 10.2. The van der Waals surface area contributed by atoms with Gasteiger partial charge in [0.25, 0.3) is 5.91 Å². The SMILES string of the molecule is CC(N)CCN(C)C(=O)c1c(F)cc(F)cc1F. The van der Waals surface area contributed by atoms with Crippen LogP contribution in [0.5, 0.6) is 0 Å². The molecule has 0 saturated heterocycles. The zero-order valence-corrected chi connectivity index (χ0v) is 10.2. The van der Waals surface area contributed by atoms with Crippen LogP contribution >= 0.6 is 0 Å². The van der Waals surface area contributed by atoms with E-state index in [0.29, 0.717) is 18.6 Å². The number of nitrogens with zero attached hydrogens (tertiary/aromatic N) is 1. The third-order valence-electron chi connectivity index (χ3n) is 2.49. The smallest absolute Gasteiger partial charge is 0.259 e. The van der Waals surface area contributed by atoms with Crippen molar-refractivity contribution in [3.63, 3.8) is 0 Å². The Bertz CT molecular complexity index is 426. The van der Waals surface area contributed by atoms with Gasteiger partial charge in [-0.15, -0.1) is 0 Å². The quantitative estimate of drug-likeness (QED) is 0.899. The van der Waals surface area contributed by atoms with Gasteiger partial charge in [-0.25, -0.2) is 13.2 Å². The van der Waals surface area contributed by atoms with Crippen molar-refractivity contribution < 1.29 is 18.0 Å². The second-order valence-corrected chi connectivity index (χ2v) is 4.24. The minimum absolute atomic E-state index is 0.122. The van der Waals surface area contributed by atoms with Crippen LogP contribution in [-0.2, 0) is 0 Å². The van der Waals surface area contributed by atoms with Gasteiger partial charge in [0.15, 0.2) is 0 Å². The highest BCUT2D eigenvalue weighted by atomic mass is 19.1. The topological polar surface area (TPSA) is 46.3 Å². The highest BCUT2D eigenvalue weighted by molar-refractivity contribution is 5.94. The maximum Gasteiger partial charge on any atom is 0.259 e. The van der Waals surface area contributed by atoms with Gasteiger partial charge in [-0.05, 0) is 13.3 Å². The van der Waals surface area contributed by atoms with Gasteiger partial charge in [-0.3, -0.25) is 4.79 Å². The van der Waals surface area contributed by atoms with Crippen molar-refractivity contribution in [2.24, 2.45) is 5.73 Å². The molecule has 0 aliphatic rings. The summed E-state index contributed by atoms with van der Waals surface area (Å²) in [6.45, 7) is 2.03. The van der Waals surface area contributed by atoms with E-state index in [9.17, 15) is 18.0 Å². The van der Waals surface area contributed by atoms with E-state index in [1.165, 1.54) is 7.05 Å². The Kier molecular flexibility index (Phi) is 4.72. The molecule has 1 unspecified atom stereocenters. The lowest BCUT2D eigenvalue weighted by Crippen LogP contribution is -2.32. The van der Waals surface area contributed by atoms with Crippen molar-refractivity contribution in [2.45, 2.75) is 19.4 Å². The fraction of sp³-hybridized carbons (Fsp3) is 0.417. The molecule has 0 fully saturated rings. The third-order valence-corrected chi connectivity index (χ3v) is 2.49. The maximum absolute atomic E-state index is 13.4. The molecule has 0 saturated carbocycles. The summed E-state index contributed by atoms with van der Waals surface area (Å²) in [4.78, 5) is 12.9. The van der Waals surface area contributed by atoms with E-state index in [0.717, 1.165) is 4.90 Å². The van der Waals surface area contributed by atoms with Crippen molar-refractivity contribution in [3.8, 4) is 0 Å². The summed E-state index contributed by atoms with van der Waals surface area (Å²) in [5.41, 5.74) is 4.78. The van der Waals surface area contributed by atoms with Crippen LogP contribution in [0.4, 0.5) is 13.2 Å². The summed E-state index contributed by atoms with van der Waals surface area (Å²) >= 11 is 0. The fourth-order valence-electron chi connectivity index (χ4n) is 1.44. The number of nitrogens with two attached hydrogens (primary N) is 1. The number of hydrogen-bond acceptors (Lipinski definition) is 2. The Labute approximate surface area is 103 Å². The van der Waals surface area contributed by atoms with Crippen LogP contribution in [0, 0.1) is 17.5 Å². The van der Waals surface area contributed by atoms with Gasteiger partial charge in [0.1, 0.15) is 23.0 Å². The molecule has 1 atom stereocenters. The minimum atomic E-state index is -1.20. The molecule has 0 heterocycles. The highest BCUT2D eigenvalue weighted by Crippen LogP contribution is 2.16. The lowest BCUT2D eigenvalue weighted by Gasteiger charge is -2.19. The Hall–Kier alpha value is -1.56. The second-order valence-electron chi connectivity index (χ2n) is 4.24. The van der Waals surface area contributed by atoms with Crippen LogP contribution in [0.25, 0.3) is 0 Å². The summed E-state index contributed by atoms with van der Waals surface area (Å²) in [6.07, 6.45) is 0.507. The summed E-state index contributed by atoms with van der Waals surface area (Å²) in [6, 6.07) is 0.842. The van der Waals surface area contributed by atoms with Gasteiger partial charge in [-0.1, -0.05) is 0 Å². The van der Waals surface area contributed by atoms with Crippen LogP contribution in [0.3, 0.4) is 0 Å². The molecule has 6 heteroatoms. The number of halogens is 3. The number of rotatable bonds is 4. The van der Waals surface area contributed by atoms with E-state index in [4.69, 9.17) is 5.73 Å². The van der Waals surface area contributed by atoms with Crippen LogP contribution in [0.15, 0.2) is 12.1 Å². The minimum Gasteiger partial charge on any atom is -0.341 e. The fourth-order valence-corrected chi connectivity index (χ4v) is 1.44. The van der Waals surface area contributed by atoms with Crippen molar-refractivity contribution in [1.29, 1.82) is 0 Å².